The van der Waals surface area contributed by atoms with E-state index in [1.807, 2.05) is 116 Å². The number of carbonyl (C=O) groups is 2. The van der Waals surface area contributed by atoms with Crippen molar-refractivity contribution in [3.63, 3.8) is 0 Å². The molecule has 120 heavy (non-hydrogen) atoms. The van der Waals surface area contributed by atoms with Crippen LogP contribution < -0.4 is 10.1 Å². The number of nitrogens with zero attached hydrogens (tertiary/aromatic N) is 12. The second-order valence-corrected chi connectivity index (χ2v) is 34.9. The summed E-state index contributed by atoms with van der Waals surface area (Å²) in [5, 5.41) is 53.8. The van der Waals surface area contributed by atoms with Crippen LogP contribution in [0.2, 0.25) is 10.0 Å². The zero-order valence-corrected chi connectivity index (χ0v) is 71.3. The van der Waals surface area contributed by atoms with Crippen LogP contribution in [0.5, 0.6) is 5.88 Å². The third kappa shape index (κ3) is 19.6. The number of likely N-dealkylation sites (tertiary alicyclic amines) is 1. The van der Waals surface area contributed by atoms with E-state index in [1.165, 1.54) is 47.1 Å². The molecular formula is C90H82Cl2N16O7S5. The maximum atomic E-state index is 12.5. The van der Waals surface area contributed by atoms with E-state index >= 15 is 0 Å². The Bertz CT molecular complexity index is 6050. The molecule has 15 aromatic rings. The zero-order chi connectivity index (χ0) is 83.2. The van der Waals surface area contributed by atoms with Gasteiger partial charge in [-0.25, -0.2) is 24.9 Å². The van der Waals surface area contributed by atoms with E-state index in [0.717, 1.165) is 130 Å². The number of rotatable bonds is 24. The second kappa shape index (κ2) is 38.8. The molecule has 7 N–H and O–H groups in total. The third-order valence-corrected chi connectivity index (χ3v) is 26.6. The molecule has 3 aliphatic heterocycles. The summed E-state index contributed by atoms with van der Waals surface area (Å²) >= 11 is 20.4. The van der Waals surface area contributed by atoms with Crippen LogP contribution in [0.3, 0.4) is 0 Å². The van der Waals surface area contributed by atoms with Crippen molar-refractivity contribution in [1.29, 1.82) is 0 Å². The molecule has 1 amide bonds. The molecule has 30 heteroatoms. The Morgan fingerprint density at radius 3 is 1.83 bits per heavy atom. The number of ether oxygens (including phenoxy) is 2. The van der Waals surface area contributed by atoms with Gasteiger partial charge in [-0.05, 0) is 192 Å². The Morgan fingerprint density at radius 1 is 0.642 bits per heavy atom. The fraction of sp³-hybridized carbons (Fsp3) is 0.211. The second-order valence-electron chi connectivity index (χ2n) is 28.5. The van der Waals surface area contributed by atoms with Crippen LogP contribution >= 0.6 is 79.9 Å². The predicted octanol–water partition coefficient (Wildman–Crippen LogP) is 19.7. The van der Waals surface area contributed by atoms with Gasteiger partial charge in [0.05, 0.1) is 51.6 Å². The van der Waals surface area contributed by atoms with Gasteiger partial charge in [-0.3, -0.25) is 34.5 Å². The van der Waals surface area contributed by atoms with Crippen molar-refractivity contribution in [2.45, 2.75) is 83.6 Å². The normalized spacial score (nSPS) is 14.5. The highest BCUT2D eigenvalue weighted by Gasteiger charge is 2.41. The molecule has 18 rings (SSSR count). The molecule has 0 radical (unpaired) electrons. The number of nitrogens with one attached hydrogen (secondary N) is 4. The quantitative estimate of drug-likeness (QED) is 0.0276. The summed E-state index contributed by atoms with van der Waals surface area (Å²) in [7, 11) is 1.56. The minimum absolute atomic E-state index is 0.0870. The number of aliphatic hydroxyl groups is 3. The standard InChI is InChI=1S/C27H28ClN5OS.C26H23ClN4O3S.C19H16N4O2S.C18H15N3OS2/c1-3-4-18-14-33(15-18)25(19-5-7-21(28)8-6-19)23-13-24(35-26(23)27-30-16-31-32-27)20-9-10-29-22(12-20)11-17(2)34;1-16(32)31-23-14-17(6-9-28-23)22-15-21(24(35-22)25-29-10-11-30-25)26(33,19-7-12-34-13-8-19)18-2-4-20(27)5-3-18;1-25-17-3-2-13(11-21-17)18(24)14-10-16(12-4-7-20-8-5-12)26-19(14)15-6-9-22-23-15;1-11-2-3-14(23-11)16(22)13-10-15(12-4-6-19-7-5-12)24-17(13)18-20-8-9-21-18/h5-10,12-13,16,18,25H,3-4,11,14-15H2,1-2H3,(H,30,31,32);2-7,9-11,14-15,33H,8,12-13H2,1H3,(H,29,30)(H,28,31,32);2-5,7-11,18,24H,6H2,1H3;2-10,16,22H,1H3,(H,20,21). The number of halogens is 2. The van der Waals surface area contributed by atoms with Crippen LogP contribution in [-0.4, -0.2) is 137 Å². The van der Waals surface area contributed by atoms with Crippen molar-refractivity contribution >= 4 is 109 Å². The van der Waals surface area contributed by atoms with Crippen LogP contribution in [0, 0.1) is 12.8 Å². The van der Waals surface area contributed by atoms with Crippen LogP contribution in [-0.2, 0) is 26.3 Å². The monoisotopic (exact) mass is 1730 g/mol. The minimum Gasteiger partial charge on any atom is -0.481 e. The number of benzene rings is 2. The maximum absolute atomic E-state index is 12.5. The predicted molar refractivity (Wildman–Crippen MR) is 478 cm³/mol. The summed E-state index contributed by atoms with van der Waals surface area (Å²) in [6.07, 6.45) is 27.0. The highest BCUT2D eigenvalue weighted by molar-refractivity contribution is 7.20. The van der Waals surface area contributed by atoms with Gasteiger partial charge in [0, 0.05) is 181 Å². The number of aromatic amines is 3. The Labute approximate surface area is 722 Å². The lowest BCUT2D eigenvalue weighted by Crippen LogP contribution is -2.48. The van der Waals surface area contributed by atoms with Gasteiger partial charge in [0.2, 0.25) is 11.8 Å². The molecule has 1 saturated heterocycles. The largest absolute Gasteiger partial charge is 0.481 e. The number of carbonyl (C=O) groups excluding carboxylic acids is 2. The average Bonchev–Trinajstić information content (AvgIpc) is 1.59. The van der Waals surface area contributed by atoms with Crippen LogP contribution in [0.4, 0.5) is 5.82 Å². The van der Waals surface area contributed by atoms with Crippen molar-refractivity contribution in [3.05, 3.63) is 301 Å². The number of thiophene rings is 5. The summed E-state index contributed by atoms with van der Waals surface area (Å²) < 4.78 is 10.6. The Hall–Kier alpha value is -11.4. The fourth-order valence-corrected chi connectivity index (χ4v) is 20.3. The van der Waals surface area contributed by atoms with E-state index < -0.39 is 17.8 Å². The van der Waals surface area contributed by atoms with E-state index in [-0.39, 0.29) is 17.7 Å². The Balaban J connectivity index is 0.000000126. The summed E-state index contributed by atoms with van der Waals surface area (Å²) in [6.45, 7) is 10.4. The van der Waals surface area contributed by atoms with Crippen molar-refractivity contribution in [1.82, 2.24) is 64.9 Å². The molecule has 4 atom stereocenters. The van der Waals surface area contributed by atoms with Crippen LogP contribution in [0.15, 0.2) is 242 Å². The van der Waals surface area contributed by atoms with Gasteiger partial charge >= 0.3 is 0 Å². The smallest absolute Gasteiger partial charge is 0.222 e. The van der Waals surface area contributed by atoms with Gasteiger partial charge in [-0.2, -0.15) is 15.3 Å². The van der Waals surface area contributed by atoms with Gasteiger partial charge in [0.15, 0.2) is 5.82 Å². The van der Waals surface area contributed by atoms with Crippen molar-refractivity contribution in [3.8, 4) is 79.7 Å². The number of hydrogen-bond acceptors (Lipinski definition) is 24. The number of anilines is 1. The van der Waals surface area contributed by atoms with Gasteiger partial charge in [-0.15, -0.1) is 56.7 Å². The third-order valence-electron chi connectivity index (χ3n) is 20.2. The van der Waals surface area contributed by atoms with Crippen molar-refractivity contribution in [2.75, 3.05) is 38.7 Å². The number of pyridine rings is 5. The minimum atomic E-state index is -1.42. The number of Topliss-reactive ketones (excluding diaryl/α,β-unsaturated/α-hetero) is 1. The summed E-state index contributed by atoms with van der Waals surface area (Å²) in [6, 6.07) is 47.0. The van der Waals surface area contributed by atoms with Crippen LogP contribution in [0.25, 0.3) is 73.9 Å². The molecule has 0 bridgehead atoms. The molecule has 23 nitrogen and oxygen atoms in total. The van der Waals surface area contributed by atoms with Crippen molar-refractivity contribution < 1.29 is 34.4 Å². The summed E-state index contributed by atoms with van der Waals surface area (Å²) in [5.41, 5.74) is 11.4. The molecule has 0 saturated carbocycles. The highest BCUT2D eigenvalue weighted by atomic mass is 35.5. The number of imidazole rings is 2. The first-order chi connectivity index (χ1) is 58.4. The zero-order valence-electron chi connectivity index (χ0n) is 65.8. The van der Waals surface area contributed by atoms with Gasteiger partial charge in [0.1, 0.15) is 47.4 Å². The van der Waals surface area contributed by atoms with E-state index in [1.54, 1.807) is 158 Å². The number of H-pyrrole nitrogens is 3. The van der Waals surface area contributed by atoms with Gasteiger partial charge in [-0.1, -0.05) is 66.9 Å². The number of amides is 1. The molecule has 0 aliphatic carbocycles. The summed E-state index contributed by atoms with van der Waals surface area (Å²) in [4.78, 5) is 76.5. The lowest BCUT2D eigenvalue weighted by atomic mass is 9.78. The molecule has 3 aliphatic rings. The van der Waals surface area contributed by atoms with E-state index in [0.29, 0.717) is 71.7 Å². The molecule has 0 spiro atoms. The van der Waals surface area contributed by atoms with Gasteiger partial charge in [0.25, 0.3) is 0 Å². The number of methoxy groups -OCH3 is 1. The first kappa shape index (κ1) is 83.7. The Kier molecular flexibility index (Phi) is 27.1. The molecule has 16 heterocycles. The Morgan fingerprint density at radius 2 is 1.25 bits per heavy atom. The van der Waals surface area contributed by atoms with Gasteiger partial charge < -0.3 is 40.1 Å². The van der Waals surface area contributed by atoms with E-state index in [4.69, 9.17) is 32.7 Å². The fourth-order valence-electron chi connectivity index (χ4n) is 14.5. The number of aryl methyl sites for hydroxylation is 1. The first-order valence-electron chi connectivity index (χ1n) is 38.6. The number of aromatic nitrogens is 12. The molecular weight excluding hydrogens is 1650 g/mol. The lowest BCUT2D eigenvalue weighted by molar-refractivity contribution is -0.116. The van der Waals surface area contributed by atoms with Crippen molar-refractivity contribution in [2.24, 2.45) is 16.1 Å². The summed E-state index contributed by atoms with van der Waals surface area (Å²) in [5.74, 6) is 3.82. The first-order valence-corrected chi connectivity index (χ1v) is 43.4. The number of hydrogen-bond donors (Lipinski definition) is 7. The number of ketones is 1. The SMILES string of the molecule is CC(=O)Nc1cc(-c2cc(C(O)(C3=CCOCC3)c3ccc(Cl)cc3)c(-c3ncc[nH]3)s2)ccn1.CCCC1CN(C(c2ccc(Cl)cc2)c2cc(-c3ccnc(CC(C)=O)c3)sc2-c2ncn[nH]2)C1.COc1ccc(C(O)c2cc(-c3ccncc3)sc2C2=NN=CC2)cn1.Cc1ccc(C(O)c2cc(-c3ccncc3)sc2-c2ncc[nH]2)s1. The van der Waals surface area contributed by atoms with E-state index in [9.17, 15) is 24.9 Å². The highest BCUT2D eigenvalue weighted by Crippen LogP contribution is 2.51. The molecule has 4 unspecified atom stereocenters. The topological polar surface area (TPSA) is 317 Å². The molecule has 1 fully saturated rings. The number of aliphatic hydroxyl groups excluding tert-OH is 2. The lowest BCUT2D eigenvalue weighted by Gasteiger charge is -2.45. The molecule has 13 aromatic heterocycles. The van der Waals surface area contributed by atoms with E-state index in [2.05, 4.69) is 112 Å². The molecule has 2 aromatic carbocycles. The molecule has 608 valence electrons. The maximum Gasteiger partial charge on any atom is 0.222 e. The average molecular weight is 1730 g/mol. The van der Waals surface area contributed by atoms with Crippen LogP contribution in [0.1, 0.15) is 124 Å².